The lowest BCUT2D eigenvalue weighted by atomic mass is 10.1. The molecule has 1 saturated heterocycles. The number of halogens is 1. The van der Waals surface area contributed by atoms with Crippen LogP contribution in [-0.2, 0) is 14.6 Å². The van der Waals surface area contributed by atoms with Crippen molar-refractivity contribution in [3.05, 3.63) is 29.6 Å². The van der Waals surface area contributed by atoms with Crippen LogP contribution in [0.25, 0.3) is 0 Å². The third-order valence-corrected chi connectivity index (χ3v) is 5.78. The first-order valence-corrected chi connectivity index (χ1v) is 9.01. The molecular weight excluding hydrogens is 307 g/mol. The van der Waals surface area contributed by atoms with Gasteiger partial charge in [0.1, 0.15) is 11.9 Å². The predicted molar refractivity (Wildman–Crippen MR) is 84.1 cm³/mol. The van der Waals surface area contributed by atoms with Crippen molar-refractivity contribution >= 4 is 21.4 Å². The SMILES string of the molecule is Cc1ccc(NC(C)C(=O)N(C)C2CCS(=O)(=O)C2)cc1F. The molecule has 0 radical (unpaired) electrons. The van der Waals surface area contributed by atoms with Gasteiger partial charge in [-0.1, -0.05) is 6.07 Å². The van der Waals surface area contributed by atoms with Gasteiger partial charge >= 0.3 is 0 Å². The van der Waals surface area contributed by atoms with Crippen molar-refractivity contribution in [1.82, 2.24) is 4.90 Å². The Hall–Kier alpha value is -1.63. The van der Waals surface area contributed by atoms with E-state index in [0.29, 0.717) is 17.7 Å². The number of anilines is 1. The molecular formula is C15H21FN2O3S. The van der Waals surface area contributed by atoms with Crippen LogP contribution in [0, 0.1) is 12.7 Å². The molecule has 1 aliphatic heterocycles. The normalized spacial score (nSPS) is 21.4. The summed E-state index contributed by atoms with van der Waals surface area (Å²) in [7, 11) is -1.42. The van der Waals surface area contributed by atoms with Crippen LogP contribution in [0.1, 0.15) is 18.9 Å². The van der Waals surface area contributed by atoms with Crippen LogP contribution in [0.15, 0.2) is 18.2 Å². The second-order valence-electron chi connectivity index (χ2n) is 5.84. The Morgan fingerprint density at radius 1 is 1.45 bits per heavy atom. The Morgan fingerprint density at radius 3 is 2.68 bits per heavy atom. The van der Waals surface area contributed by atoms with E-state index < -0.39 is 15.9 Å². The van der Waals surface area contributed by atoms with Crippen molar-refractivity contribution in [2.24, 2.45) is 0 Å². The van der Waals surface area contributed by atoms with E-state index in [4.69, 9.17) is 0 Å². The second-order valence-corrected chi connectivity index (χ2v) is 8.06. The molecule has 122 valence electrons. The molecule has 0 aromatic heterocycles. The third kappa shape index (κ3) is 3.76. The molecule has 5 nitrogen and oxygen atoms in total. The fourth-order valence-electron chi connectivity index (χ4n) is 2.56. The van der Waals surface area contributed by atoms with Gasteiger partial charge in [0.2, 0.25) is 5.91 Å². The second kappa shape index (κ2) is 6.24. The van der Waals surface area contributed by atoms with Crippen LogP contribution in [0.3, 0.4) is 0 Å². The van der Waals surface area contributed by atoms with Crippen molar-refractivity contribution in [1.29, 1.82) is 0 Å². The summed E-state index contributed by atoms with van der Waals surface area (Å²) in [6.45, 7) is 3.35. The predicted octanol–water partition coefficient (Wildman–Crippen LogP) is 1.58. The average Bonchev–Trinajstić information content (AvgIpc) is 2.81. The van der Waals surface area contributed by atoms with Gasteiger partial charge in [-0.15, -0.1) is 0 Å². The molecule has 1 amide bonds. The van der Waals surface area contributed by atoms with E-state index in [9.17, 15) is 17.6 Å². The fourth-order valence-corrected chi connectivity index (χ4v) is 4.33. The Kier molecular flexibility index (Phi) is 4.75. The van der Waals surface area contributed by atoms with Gasteiger partial charge in [-0.3, -0.25) is 4.79 Å². The van der Waals surface area contributed by atoms with E-state index in [0.717, 1.165) is 0 Å². The van der Waals surface area contributed by atoms with Gasteiger partial charge in [-0.05, 0) is 38.0 Å². The number of nitrogens with one attached hydrogen (secondary N) is 1. The Morgan fingerprint density at radius 2 is 2.14 bits per heavy atom. The Balaban J connectivity index is 2.01. The smallest absolute Gasteiger partial charge is 0.244 e. The Bertz CT molecular complexity index is 675. The number of carbonyl (C=O) groups excluding carboxylic acids is 1. The summed E-state index contributed by atoms with van der Waals surface area (Å²) >= 11 is 0. The molecule has 1 aromatic rings. The summed E-state index contributed by atoms with van der Waals surface area (Å²) in [6, 6.07) is 3.86. The zero-order chi connectivity index (χ0) is 16.5. The first-order chi connectivity index (χ1) is 10.2. The summed E-state index contributed by atoms with van der Waals surface area (Å²) in [5.41, 5.74) is 1.06. The molecule has 1 heterocycles. The van der Waals surface area contributed by atoms with Crippen molar-refractivity contribution < 1.29 is 17.6 Å². The van der Waals surface area contributed by atoms with Gasteiger partial charge in [0.15, 0.2) is 9.84 Å². The maximum absolute atomic E-state index is 13.5. The van der Waals surface area contributed by atoms with E-state index in [1.807, 2.05) is 0 Å². The first-order valence-electron chi connectivity index (χ1n) is 7.19. The minimum absolute atomic E-state index is 0.0150. The molecule has 2 rings (SSSR count). The number of rotatable bonds is 4. The highest BCUT2D eigenvalue weighted by Crippen LogP contribution is 2.19. The molecule has 1 aromatic carbocycles. The highest BCUT2D eigenvalue weighted by molar-refractivity contribution is 7.91. The van der Waals surface area contributed by atoms with E-state index in [2.05, 4.69) is 5.32 Å². The van der Waals surface area contributed by atoms with Gasteiger partial charge in [0, 0.05) is 18.8 Å². The molecule has 2 atom stereocenters. The Labute approximate surface area is 130 Å². The summed E-state index contributed by atoms with van der Waals surface area (Å²) in [4.78, 5) is 13.9. The van der Waals surface area contributed by atoms with Gasteiger partial charge in [0.25, 0.3) is 0 Å². The van der Waals surface area contributed by atoms with E-state index in [-0.39, 0.29) is 29.3 Å². The zero-order valence-corrected chi connectivity index (χ0v) is 13.8. The van der Waals surface area contributed by atoms with E-state index in [1.54, 1.807) is 33.0 Å². The molecule has 0 aliphatic carbocycles. The standard InChI is InChI=1S/C15H21FN2O3S/c1-10-4-5-12(8-14(10)16)17-11(2)15(19)18(3)13-6-7-22(20,21)9-13/h4-5,8,11,13,17H,6-7,9H2,1-3H3. The van der Waals surface area contributed by atoms with Gasteiger partial charge < -0.3 is 10.2 Å². The average molecular weight is 328 g/mol. The number of nitrogens with zero attached hydrogens (tertiary/aromatic N) is 1. The first kappa shape index (κ1) is 16.7. The molecule has 0 saturated carbocycles. The molecule has 2 unspecified atom stereocenters. The number of amides is 1. The number of aryl methyl sites for hydroxylation is 1. The lowest BCUT2D eigenvalue weighted by Gasteiger charge is -2.27. The summed E-state index contributed by atoms with van der Waals surface area (Å²) < 4.78 is 36.5. The maximum atomic E-state index is 13.5. The van der Waals surface area contributed by atoms with Gasteiger partial charge in [-0.25, -0.2) is 12.8 Å². The van der Waals surface area contributed by atoms with Crippen molar-refractivity contribution in [3.63, 3.8) is 0 Å². The lowest BCUT2D eigenvalue weighted by Crippen LogP contribution is -2.45. The largest absolute Gasteiger partial charge is 0.374 e. The van der Waals surface area contributed by atoms with Gasteiger partial charge in [0.05, 0.1) is 11.5 Å². The lowest BCUT2D eigenvalue weighted by molar-refractivity contribution is -0.132. The van der Waals surface area contributed by atoms with Crippen LogP contribution in [0.4, 0.5) is 10.1 Å². The number of benzene rings is 1. The number of likely N-dealkylation sites (N-methyl/N-ethyl adjacent to an activating group) is 1. The molecule has 0 spiro atoms. The summed E-state index contributed by atoms with van der Waals surface area (Å²) in [5, 5.41) is 2.95. The molecule has 22 heavy (non-hydrogen) atoms. The number of hydrogen-bond acceptors (Lipinski definition) is 4. The highest BCUT2D eigenvalue weighted by atomic mass is 32.2. The minimum atomic E-state index is -3.03. The molecule has 1 aliphatic rings. The monoisotopic (exact) mass is 328 g/mol. The van der Waals surface area contributed by atoms with Gasteiger partial charge in [-0.2, -0.15) is 0 Å². The van der Waals surface area contributed by atoms with Crippen molar-refractivity contribution in [3.8, 4) is 0 Å². The molecule has 1 fully saturated rings. The number of carbonyl (C=O) groups is 1. The highest BCUT2D eigenvalue weighted by Gasteiger charge is 2.34. The molecule has 7 heteroatoms. The fraction of sp³-hybridized carbons (Fsp3) is 0.533. The number of hydrogen-bond donors (Lipinski definition) is 1. The third-order valence-electron chi connectivity index (χ3n) is 4.03. The minimum Gasteiger partial charge on any atom is -0.374 e. The summed E-state index contributed by atoms with van der Waals surface area (Å²) in [5.74, 6) is -0.399. The maximum Gasteiger partial charge on any atom is 0.244 e. The zero-order valence-electron chi connectivity index (χ0n) is 13.0. The molecule has 0 bridgehead atoms. The quantitative estimate of drug-likeness (QED) is 0.911. The summed E-state index contributed by atoms with van der Waals surface area (Å²) in [6.07, 6.45) is 0.469. The van der Waals surface area contributed by atoms with Crippen LogP contribution in [0.2, 0.25) is 0 Å². The molecule has 1 N–H and O–H groups in total. The van der Waals surface area contributed by atoms with Crippen molar-refractivity contribution in [2.75, 3.05) is 23.9 Å². The van der Waals surface area contributed by atoms with E-state index in [1.165, 1.54) is 11.0 Å². The van der Waals surface area contributed by atoms with Crippen LogP contribution < -0.4 is 5.32 Å². The van der Waals surface area contributed by atoms with Crippen LogP contribution >= 0.6 is 0 Å². The topological polar surface area (TPSA) is 66.5 Å². The van der Waals surface area contributed by atoms with E-state index >= 15 is 0 Å². The number of sulfone groups is 1. The van der Waals surface area contributed by atoms with Crippen LogP contribution in [-0.4, -0.2) is 49.9 Å². The van der Waals surface area contributed by atoms with Crippen LogP contribution in [0.5, 0.6) is 0 Å². The van der Waals surface area contributed by atoms with Crippen molar-refractivity contribution in [2.45, 2.75) is 32.4 Å².